The minimum Gasteiger partial charge on any atom is -0.344 e. The summed E-state index contributed by atoms with van der Waals surface area (Å²) in [5.41, 5.74) is 6.74. The highest BCUT2D eigenvalue weighted by Crippen LogP contribution is 2.37. The van der Waals surface area contributed by atoms with E-state index in [9.17, 15) is 0 Å². The van der Waals surface area contributed by atoms with Crippen LogP contribution in [0, 0.1) is 0 Å². The largest absolute Gasteiger partial charge is 0.344 e. The molecule has 0 fully saturated rings. The number of fused-ring (bicyclic) bond motifs is 1. The van der Waals surface area contributed by atoms with E-state index in [2.05, 4.69) is 83.6 Å². The van der Waals surface area contributed by atoms with Crippen LogP contribution in [0.25, 0.3) is 33.2 Å². The number of hydrogen-bond donors (Lipinski definition) is 1. The van der Waals surface area contributed by atoms with Gasteiger partial charge in [0.2, 0.25) is 0 Å². The fourth-order valence-electron chi connectivity index (χ4n) is 3.62. The van der Waals surface area contributed by atoms with Crippen LogP contribution in [-0.4, -0.2) is 15.2 Å². The summed E-state index contributed by atoms with van der Waals surface area (Å²) in [6, 6.07) is 18.9. The monoisotopic (exact) mass is 356 g/mol. The molecule has 2 aromatic heterocycles. The highest BCUT2D eigenvalue weighted by molar-refractivity contribution is 5.99. The molecule has 2 heterocycles. The highest BCUT2D eigenvalue weighted by Gasteiger charge is 2.18. The molecule has 136 valence electrons. The smallest absolute Gasteiger partial charge is 0.102 e. The molecule has 0 aliphatic carbocycles. The van der Waals surface area contributed by atoms with Gasteiger partial charge in [-0.25, -0.2) is 0 Å². The SMILES string of the molecule is CCc1nnc(-c2cccc3ccccc23)c(-c2ccncc2)c1CC.N. The first-order chi connectivity index (χ1) is 12.8. The van der Waals surface area contributed by atoms with Crippen molar-refractivity contribution >= 4 is 10.8 Å². The van der Waals surface area contributed by atoms with Crippen molar-refractivity contribution in [2.45, 2.75) is 26.7 Å². The lowest BCUT2D eigenvalue weighted by Gasteiger charge is -2.17. The summed E-state index contributed by atoms with van der Waals surface area (Å²) in [6.07, 6.45) is 5.49. The Morgan fingerprint density at radius 1 is 0.778 bits per heavy atom. The maximum Gasteiger partial charge on any atom is 0.102 e. The minimum atomic E-state index is 0. The second kappa shape index (κ2) is 8.06. The van der Waals surface area contributed by atoms with Crippen molar-refractivity contribution in [3.63, 3.8) is 0 Å². The summed E-state index contributed by atoms with van der Waals surface area (Å²) in [5, 5.41) is 11.7. The number of aryl methyl sites for hydroxylation is 1. The number of pyridine rings is 1. The van der Waals surface area contributed by atoms with E-state index in [4.69, 9.17) is 0 Å². The van der Waals surface area contributed by atoms with Gasteiger partial charge in [0.05, 0.1) is 5.69 Å². The van der Waals surface area contributed by atoms with E-state index in [-0.39, 0.29) is 6.15 Å². The fourth-order valence-corrected chi connectivity index (χ4v) is 3.62. The summed E-state index contributed by atoms with van der Waals surface area (Å²) in [6.45, 7) is 4.32. The van der Waals surface area contributed by atoms with Crippen molar-refractivity contribution < 1.29 is 0 Å². The van der Waals surface area contributed by atoms with Crippen molar-refractivity contribution in [3.8, 4) is 22.4 Å². The zero-order chi connectivity index (χ0) is 17.9. The zero-order valence-electron chi connectivity index (χ0n) is 15.8. The molecule has 0 radical (unpaired) electrons. The van der Waals surface area contributed by atoms with E-state index in [1.54, 1.807) is 0 Å². The van der Waals surface area contributed by atoms with Gasteiger partial charge in [-0.2, -0.15) is 5.10 Å². The standard InChI is InChI=1S/C23H21N3.H3N/c1-3-18-21(4-2)25-26-23(22(18)17-12-14-24-15-13-17)20-11-7-9-16-8-5-6-10-19(16)20;/h5-15H,3-4H2,1-2H3;1H3. The second-order valence-electron chi connectivity index (χ2n) is 6.32. The molecule has 2 aromatic carbocycles. The molecule has 0 bridgehead atoms. The summed E-state index contributed by atoms with van der Waals surface area (Å²) in [5.74, 6) is 0. The van der Waals surface area contributed by atoms with E-state index in [0.717, 1.165) is 35.4 Å². The van der Waals surface area contributed by atoms with Crippen molar-refractivity contribution in [3.05, 3.63) is 78.2 Å². The van der Waals surface area contributed by atoms with Crippen molar-refractivity contribution in [2.24, 2.45) is 0 Å². The van der Waals surface area contributed by atoms with Gasteiger partial charge in [-0.1, -0.05) is 56.3 Å². The average Bonchev–Trinajstić information content (AvgIpc) is 2.72. The molecule has 4 nitrogen and oxygen atoms in total. The second-order valence-corrected chi connectivity index (χ2v) is 6.32. The van der Waals surface area contributed by atoms with E-state index < -0.39 is 0 Å². The molecule has 0 spiro atoms. The number of rotatable bonds is 4. The number of nitrogens with zero attached hydrogens (tertiary/aromatic N) is 3. The van der Waals surface area contributed by atoms with E-state index in [0.29, 0.717) is 0 Å². The Bertz CT molecular complexity index is 1050. The predicted molar refractivity (Wildman–Crippen MR) is 112 cm³/mol. The van der Waals surface area contributed by atoms with Gasteiger partial charge in [-0.05, 0) is 46.9 Å². The molecule has 0 aliphatic rings. The van der Waals surface area contributed by atoms with Crippen LogP contribution in [0.5, 0.6) is 0 Å². The van der Waals surface area contributed by atoms with Gasteiger partial charge in [0.15, 0.2) is 0 Å². The van der Waals surface area contributed by atoms with Gasteiger partial charge >= 0.3 is 0 Å². The summed E-state index contributed by atoms with van der Waals surface area (Å²) >= 11 is 0. The van der Waals surface area contributed by atoms with Gasteiger partial charge in [-0.3, -0.25) is 4.98 Å². The number of benzene rings is 2. The molecule has 0 saturated carbocycles. The molecule has 4 heteroatoms. The Kier molecular flexibility index (Phi) is 5.57. The molecular formula is C23H24N4. The minimum absolute atomic E-state index is 0. The first kappa shape index (κ1) is 18.7. The van der Waals surface area contributed by atoms with Gasteiger partial charge in [0.1, 0.15) is 5.69 Å². The highest BCUT2D eigenvalue weighted by atomic mass is 15.1. The van der Waals surface area contributed by atoms with Crippen LogP contribution in [0.1, 0.15) is 25.1 Å². The van der Waals surface area contributed by atoms with Gasteiger partial charge in [0.25, 0.3) is 0 Å². The van der Waals surface area contributed by atoms with E-state index in [1.165, 1.54) is 21.9 Å². The molecule has 4 rings (SSSR count). The Morgan fingerprint density at radius 3 is 2.26 bits per heavy atom. The van der Waals surface area contributed by atoms with Crippen LogP contribution in [0.2, 0.25) is 0 Å². The summed E-state index contributed by atoms with van der Waals surface area (Å²) < 4.78 is 0. The van der Waals surface area contributed by atoms with Crippen LogP contribution in [-0.2, 0) is 12.8 Å². The van der Waals surface area contributed by atoms with Crippen LogP contribution >= 0.6 is 0 Å². The number of aromatic nitrogens is 3. The van der Waals surface area contributed by atoms with E-state index >= 15 is 0 Å². The summed E-state index contributed by atoms with van der Waals surface area (Å²) in [4.78, 5) is 4.19. The third-order valence-corrected chi connectivity index (χ3v) is 4.86. The van der Waals surface area contributed by atoms with Crippen LogP contribution < -0.4 is 6.15 Å². The van der Waals surface area contributed by atoms with Gasteiger partial charge in [-0.15, -0.1) is 5.10 Å². The van der Waals surface area contributed by atoms with Gasteiger partial charge in [0, 0.05) is 23.5 Å². The third-order valence-electron chi connectivity index (χ3n) is 4.86. The molecular weight excluding hydrogens is 332 g/mol. The first-order valence-electron chi connectivity index (χ1n) is 9.10. The quantitative estimate of drug-likeness (QED) is 0.513. The third kappa shape index (κ3) is 3.32. The van der Waals surface area contributed by atoms with Crippen LogP contribution in [0.15, 0.2) is 67.0 Å². The van der Waals surface area contributed by atoms with Crippen molar-refractivity contribution in [1.29, 1.82) is 0 Å². The zero-order valence-corrected chi connectivity index (χ0v) is 15.8. The fraction of sp³-hybridized carbons (Fsp3) is 0.174. The lowest BCUT2D eigenvalue weighted by Crippen LogP contribution is -2.05. The molecule has 4 aromatic rings. The lowest BCUT2D eigenvalue weighted by molar-refractivity contribution is 0.885. The lowest BCUT2D eigenvalue weighted by atomic mass is 9.91. The molecule has 0 amide bonds. The van der Waals surface area contributed by atoms with E-state index in [1.807, 2.05) is 12.4 Å². The maximum atomic E-state index is 4.68. The molecule has 0 unspecified atom stereocenters. The van der Waals surface area contributed by atoms with Crippen LogP contribution in [0.4, 0.5) is 0 Å². The molecule has 27 heavy (non-hydrogen) atoms. The predicted octanol–water partition coefficient (Wildman–Crippen LogP) is 5.65. The average molecular weight is 356 g/mol. The normalized spacial score (nSPS) is 10.6. The van der Waals surface area contributed by atoms with Gasteiger partial charge < -0.3 is 6.15 Å². The Morgan fingerprint density at radius 2 is 1.52 bits per heavy atom. The molecule has 0 saturated heterocycles. The van der Waals surface area contributed by atoms with Crippen LogP contribution in [0.3, 0.4) is 0 Å². The maximum absolute atomic E-state index is 4.68. The molecule has 0 aliphatic heterocycles. The first-order valence-corrected chi connectivity index (χ1v) is 9.10. The molecule has 3 N–H and O–H groups in total. The van der Waals surface area contributed by atoms with Crippen molar-refractivity contribution in [1.82, 2.24) is 21.3 Å². The Labute approximate surface area is 159 Å². The Balaban J connectivity index is 0.00000210. The molecule has 0 atom stereocenters. The van der Waals surface area contributed by atoms with Crippen molar-refractivity contribution in [2.75, 3.05) is 0 Å². The number of hydrogen-bond acceptors (Lipinski definition) is 4. The topological polar surface area (TPSA) is 73.7 Å². The Hall–Kier alpha value is -3.11. The summed E-state index contributed by atoms with van der Waals surface area (Å²) in [7, 11) is 0.